The summed E-state index contributed by atoms with van der Waals surface area (Å²) in [6.45, 7) is 2.49. The van der Waals surface area contributed by atoms with Gasteiger partial charge in [0.15, 0.2) is 0 Å². The fourth-order valence-electron chi connectivity index (χ4n) is 2.24. The molecule has 0 saturated heterocycles. The van der Waals surface area contributed by atoms with Crippen LogP contribution in [0.2, 0.25) is 0 Å². The van der Waals surface area contributed by atoms with Crippen LogP contribution < -0.4 is 15.4 Å². The summed E-state index contributed by atoms with van der Waals surface area (Å²) in [5.41, 5.74) is 1.16. The maximum Gasteiger partial charge on any atom is 0.325 e. The zero-order valence-corrected chi connectivity index (χ0v) is 14.8. The molecular weight excluding hydrogens is 355 g/mol. The lowest BCUT2D eigenvalue weighted by Gasteiger charge is -2.06. The Balaban J connectivity index is 1.56. The van der Waals surface area contributed by atoms with Gasteiger partial charge in [-0.15, -0.1) is 10.2 Å². The van der Waals surface area contributed by atoms with E-state index in [0.717, 1.165) is 5.75 Å². The molecule has 0 aliphatic carbocycles. The summed E-state index contributed by atoms with van der Waals surface area (Å²) in [6.07, 6.45) is 0.326. The molecule has 0 aliphatic rings. The number of ether oxygens (including phenoxy) is 1. The van der Waals surface area contributed by atoms with Crippen molar-refractivity contribution in [2.45, 2.75) is 13.3 Å². The molecule has 26 heavy (non-hydrogen) atoms. The molecule has 3 aromatic rings. The van der Waals surface area contributed by atoms with E-state index in [0.29, 0.717) is 34.4 Å². The second-order valence-corrected chi connectivity index (χ2v) is 6.37. The molecule has 2 amide bonds. The van der Waals surface area contributed by atoms with E-state index in [1.165, 1.54) is 17.4 Å². The van der Waals surface area contributed by atoms with Gasteiger partial charge in [-0.25, -0.2) is 9.18 Å². The van der Waals surface area contributed by atoms with Crippen LogP contribution in [0.5, 0.6) is 5.75 Å². The third kappa shape index (κ3) is 4.76. The number of hydrogen-bond acceptors (Lipinski definition) is 5. The van der Waals surface area contributed by atoms with E-state index in [1.807, 2.05) is 6.92 Å². The van der Waals surface area contributed by atoms with Crippen molar-refractivity contribution in [3.8, 4) is 5.75 Å². The highest BCUT2D eigenvalue weighted by molar-refractivity contribution is 7.15. The first-order valence-corrected chi connectivity index (χ1v) is 8.82. The van der Waals surface area contributed by atoms with Crippen molar-refractivity contribution in [1.29, 1.82) is 0 Å². The van der Waals surface area contributed by atoms with Gasteiger partial charge in [-0.3, -0.25) is 5.32 Å². The lowest BCUT2D eigenvalue weighted by molar-refractivity contribution is 0.262. The van der Waals surface area contributed by atoms with Gasteiger partial charge >= 0.3 is 6.03 Å². The molecule has 2 N–H and O–H groups in total. The van der Waals surface area contributed by atoms with Crippen LogP contribution in [0.1, 0.15) is 17.5 Å². The van der Waals surface area contributed by atoms with Crippen molar-refractivity contribution in [2.75, 3.05) is 17.2 Å². The summed E-state index contributed by atoms with van der Waals surface area (Å²) < 4.78 is 19.0. The van der Waals surface area contributed by atoms with Crippen LogP contribution in [-0.2, 0) is 6.42 Å². The van der Waals surface area contributed by atoms with Crippen LogP contribution in [-0.4, -0.2) is 22.8 Å². The molecule has 134 valence electrons. The summed E-state index contributed by atoms with van der Waals surface area (Å²) in [5.74, 6) is 0.450. The smallest absolute Gasteiger partial charge is 0.325 e. The van der Waals surface area contributed by atoms with E-state index in [2.05, 4.69) is 20.8 Å². The van der Waals surface area contributed by atoms with E-state index in [1.54, 1.807) is 42.5 Å². The predicted octanol–water partition coefficient (Wildman–Crippen LogP) is 4.31. The first-order chi connectivity index (χ1) is 12.6. The topological polar surface area (TPSA) is 76.1 Å². The number of benzene rings is 2. The van der Waals surface area contributed by atoms with Crippen molar-refractivity contribution < 1.29 is 13.9 Å². The summed E-state index contributed by atoms with van der Waals surface area (Å²) in [4.78, 5) is 12.0. The normalized spacial score (nSPS) is 10.4. The molecule has 0 fully saturated rings. The molecule has 0 saturated carbocycles. The number of aromatic nitrogens is 2. The van der Waals surface area contributed by atoms with Gasteiger partial charge < -0.3 is 10.1 Å². The number of urea groups is 1. The largest absolute Gasteiger partial charge is 0.494 e. The Morgan fingerprint density at radius 2 is 1.88 bits per heavy atom. The van der Waals surface area contributed by atoms with Gasteiger partial charge in [-0.2, -0.15) is 0 Å². The Hall–Kier alpha value is -3.00. The van der Waals surface area contributed by atoms with Crippen molar-refractivity contribution in [2.24, 2.45) is 0 Å². The molecule has 0 spiro atoms. The number of amides is 2. The van der Waals surface area contributed by atoms with Crippen molar-refractivity contribution in [3.05, 3.63) is 64.9 Å². The van der Waals surface area contributed by atoms with Gasteiger partial charge in [-0.1, -0.05) is 29.5 Å². The molecule has 8 heteroatoms. The maximum atomic E-state index is 13.7. The molecule has 2 aromatic carbocycles. The monoisotopic (exact) mass is 372 g/mol. The molecule has 6 nitrogen and oxygen atoms in total. The van der Waals surface area contributed by atoms with E-state index in [9.17, 15) is 9.18 Å². The molecule has 1 aromatic heterocycles. The minimum Gasteiger partial charge on any atom is -0.494 e. The third-order valence-corrected chi connectivity index (χ3v) is 4.25. The number of carbonyl (C=O) groups is 1. The van der Waals surface area contributed by atoms with Gasteiger partial charge in [0.25, 0.3) is 0 Å². The van der Waals surface area contributed by atoms with Gasteiger partial charge in [0.1, 0.15) is 16.6 Å². The van der Waals surface area contributed by atoms with Gasteiger partial charge in [0.2, 0.25) is 5.13 Å². The van der Waals surface area contributed by atoms with E-state index < -0.39 is 6.03 Å². The molecule has 0 atom stereocenters. The number of rotatable bonds is 6. The lowest BCUT2D eigenvalue weighted by atomic mass is 10.1. The third-order valence-electron chi connectivity index (χ3n) is 3.41. The van der Waals surface area contributed by atoms with Crippen LogP contribution >= 0.6 is 11.3 Å². The molecule has 0 unspecified atom stereocenters. The highest BCUT2D eigenvalue weighted by atomic mass is 32.1. The van der Waals surface area contributed by atoms with Crippen molar-refractivity contribution >= 4 is 28.2 Å². The Labute approximate surface area is 154 Å². The summed E-state index contributed by atoms with van der Waals surface area (Å²) in [7, 11) is 0. The van der Waals surface area contributed by atoms with Crippen molar-refractivity contribution in [1.82, 2.24) is 10.2 Å². The van der Waals surface area contributed by atoms with Crippen LogP contribution in [0, 0.1) is 5.82 Å². The van der Waals surface area contributed by atoms with Gasteiger partial charge in [-0.05, 0) is 42.8 Å². The first-order valence-electron chi connectivity index (χ1n) is 8.00. The van der Waals surface area contributed by atoms with Gasteiger partial charge in [0, 0.05) is 12.1 Å². The summed E-state index contributed by atoms with van der Waals surface area (Å²) in [5, 5.41) is 14.2. The fraction of sp³-hybridized carbons (Fsp3) is 0.167. The number of carbonyl (C=O) groups excluding carboxylic acids is 1. The molecule has 0 radical (unpaired) electrons. The predicted molar refractivity (Wildman–Crippen MR) is 99.4 cm³/mol. The Morgan fingerprint density at radius 3 is 2.62 bits per heavy atom. The quantitative estimate of drug-likeness (QED) is 0.676. The Kier molecular flexibility index (Phi) is 5.75. The maximum absolute atomic E-state index is 13.7. The van der Waals surface area contributed by atoms with Gasteiger partial charge in [0.05, 0.1) is 6.61 Å². The fourth-order valence-corrected chi connectivity index (χ4v) is 3.00. The summed E-state index contributed by atoms with van der Waals surface area (Å²) >= 11 is 1.20. The van der Waals surface area contributed by atoms with E-state index >= 15 is 0 Å². The summed E-state index contributed by atoms with van der Waals surface area (Å²) in [6, 6.07) is 13.1. The van der Waals surface area contributed by atoms with Crippen LogP contribution in [0.15, 0.2) is 48.5 Å². The zero-order chi connectivity index (χ0) is 18.4. The highest BCUT2D eigenvalue weighted by Crippen LogP contribution is 2.20. The second-order valence-electron chi connectivity index (χ2n) is 5.31. The number of nitrogens with zero attached hydrogens (tertiary/aromatic N) is 2. The SMILES string of the molecule is CCOc1ccc(NC(=O)Nc2nnc(Cc3ccccc3F)s2)cc1. The minimum absolute atomic E-state index is 0.287. The van der Waals surface area contributed by atoms with Crippen LogP contribution in [0.25, 0.3) is 0 Å². The van der Waals surface area contributed by atoms with Crippen LogP contribution in [0.4, 0.5) is 20.0 Å². The molecular formula is C18H17FN4O2S. The minimum atomic E-state index is -0.428. The van der Waals surface area contributed by atoms with E-state index in [4.69, 9.17) is 4.74 Å². The molecule has 0 bridgehead atoms. The van der Waals surface area contributed by atoms with Crippen molar-refractivity contribution in [3.63, 3.8) is 0 Å². The Morgan fingerprint density at radius 1 is 1.12 bits per heavy atom. The standard InChI is InChI=1S/C18H17FN4O2S/c1-2-25-14-9-7-13(8-10-14)20-17(24)21-18-23-22-16(26-18)11-12-5-3-4-6-15(12)19/h3-10H,2,11H2,1H3,(H2,20,21,23,24). The average Bonchev–Trinajstić information content (AvgIpc) is 3.06. The molecule has 1 heterocycles. The molecule has 0 aliphatic heterocycles. The number of hydrogen-bond donors (Lipinski definition) is 2. The molecule has 3 rings (SSSR count). The average molecular weight is 372 g/mol. The number of anilines is 2. The highest BCUT2D eigenvalue weighted by Gasteiger charge is 2.10. The van der Waals surface area contributed by atoms with E-state index in [-0.39, 0.29) is 5.82 Å². The zero-order valence-electron chi connectivity index (χ0n) is 14.0. The lowest BCUT2D eigenvalue weighted by Crippen LogP contribution is -2.19. The number of nitrogens with one attached hydrogen (secondary N) is 2. The number of halogens is 1. The Bertz CT molecular complexity index is 883. The first kappa shape index (κ1) is 17.8. The van der Waals surface area contributed by atoms with Crippen LogP contribution in [0.3, 0.4) is 0 Å². The second kappa shape index (κ2) is 8.39.